The third kappa shape index (κ3) is 4.32. The van der Waals surface area contributed by atoms with Gasteiger partial charge >= 0.3 is 0 Å². The first kappa shape index (κ1) is 18.2. The highest BCUT2D eigenvalue weighted by molar-refractivity contribution is 14.1. The summed E-state index contributed by atoms with van der Waals surface area (Å²) in [6.07, 6.45) is 3.61. The first-order chi connectivity index (χ1) is 12.5. The number of benzene rings is 2. The highest BCUT2D eigenvalue weighted by Gasteiger charge is 2.05. The van der Waals surface area contributed by atoms with E-state index in [4.69, 9.17) is 0 Å². The lowest BCUT2D eigenvalue weighted by Crippen LogP contribution is -2.17. The van der Waals surface area contributed by atoms with Crippen molar-refractivity contribution in [1.29, 1.82) is 0 Å². The number of hydrogen-bond donors (Lipinski definition) is 1. The lowest BCUT2D eigenvalue weighted by Gasteiger charge is -2.13. The largest absolute Gasteiger partial charge is 0.378 e. The predicted molar refractivity (Wildman–Crippen MR) is 114 cm³/mol. The summed E-state index contributed by atoms with van der Waals surface area (Å²) >= 11 is 2.18. The predicted octanol–water partition coefficient (Wildman–Crippen LogP) is 3.91. The summed E-state index contributed by atoms with van der Waals surface area (Å²) in [5.74, 6) is -0.229. The summed E-state index contributed by atoms with van der Waals surface area (Å²) < 4.78 is 3.02. The molecule has 26 heavy (non-hydrogen) atoms. The molecular formula is C20H19IN4O. The number of carbonyl (C=O) groups is 1. The van der Waals surface area contributed by atoms with Gasteiger partial charge in [-0.3, -0.25) is 4.79 Å². The van der Waals surface area contributed by atoms with Gasteiger partial charge < -0.3 is 9.47 Å². The van der Waals surface area contributed by atoms with Crippen molar-refractivity contribution in [2.75, 3.05) is 19.0 Å². The summed E-state index contributed by atoms with van der Waals surface area (Å²) in [7, 11) is 4.03. The van der Waals surface area contributed by atoms with Crippen molar-refractivity contribution >= 4 is 40.4 Å². The molecule has 0 saturated heterocycles. The molecule has 0 unspecified atom stereocenters. The second kappa shape index (κ2) is 8.18. The lowest BCUT2D eigenvalue weighted by atomic mass is 10.2. The Hall–Kier alpha value is -2.61. The smallest absolute Gasteiger partial charge is 0.271 e. The van der Waals surface area contributed by atoms with Gasteiger partial charge in [-0.25, -0.2) is 5.43 Å². The number of amides is 1. The minimum Gasteiger partial charge on any atom is -0.378 e. The van der Waals surface area contributed by atoms with Gasteiger partial charge in [0.15, 0.2) is 0 Å². The number of halogens is 1. The van der Waals surface area contributed by atoms with Crippen molar-refractivity contribution < 1.29 is 4.79 Å². The molecule has 0 aliphatic rings. The number of anilines is 1. The van der Waals surface area contributed by atoms with Gasteiger partial charge in [0.1, 0.15) is 0 Å². The Kier molecular flexibility index (Phi) is 5.72. The number of aromatic nitrogens is 1. The molecule has 0 radical (unpaired) electrons. The average Bonchev–Trinajstić information content (AvgIpc) is 3.10. The van der Waals surface area contributed by atoms with Crippen molar-refractivity contribution in [3.8, 4) is 5.69 Å². The molecule has 2 aromatic carbocycles. The number of nitrogens with one attached hydrogen (secondary N) is 1. The Balaban J connectivity index is 1.72. The van der Waals surface area contributed by atoms with Crippen molar-refractivity contribution in [1.82, 2.24) is 9.99 Å². The molecule has 3 rings (SSSR count). The maximum Gasteiger partial charge on any atom is 0.271 e. The van der Waals surface area contributed by atoms with Crippen LogP contribution in [0.25, 0.3) is 5.69 Å². The number of nitrogens with zero attached hydrogens (tertiary/aromatic N) is 3. The molecule has 1 heterocycles. The standard InChI is InChI=1S/C20H19IN4O/c1-24(2)17-8-10-18(11-9-17)25-12-4-7-19(25)14-22-23-20(26)15-5-3-6-16(21)13-15/h3-14H,1-2H3,(H,23,26)/b22-14-. The van der Waals surface area contributed by atoms with Crippen LogP contribution in [0.4, 0.5) is 5.69 Å². The summed E-state index contributed by atoms with van der Waals surface area (Å²) in [5, 5.41) is 4.10. The highest BCUT2D eigenvalue weighted by atomic mass is 127. The van der Waals surface area contributed by atoms with E-state index in [1.807, 2.05) is 55.2 Å². The van der Waals surface area contributed by atoms with Crippen LogP contribution in [0.3, 0.4) is 0 Å². The van der Waals surface area contributed by atoms with E-state index >= 15 is 0 Å². The van der Waals surface area contributed by atoms with Crippen LogP contribution >= 0.6 is 22.6 Å². The molecule has 0 saturated carbocycles. The Morgan fingerprint density at radius 3 is 2.58 bits per heavy atom. The quantitative estimate of drug-likeness (QED) is 0.358. The van der Waals surface area contributed by atoms with Crippen LogP contribution in [-0.4, -0.2) is 30.8 Å². The van der Waals surface area contributed by atoms with E-state index in [2.05, 4.69) is 62.3 Å². The van der Waals surface area contributed by atoms with E-state index in [1.54, 1.807) is 12.3 Å². The van der Waals surface area contributed by atoms with Crippen molar-refractivity contribution in [2.45, 2.75) is 0 Å². The van der Waals surface area contributed by atoms with Gasteiger partial charge in [0.05, 0.1) is 11.9 Å². The average molecular weight is 458 g/mol. The second-order valence-electron chi connectivity index (χ2n) is 5.92. The molecule has 0 aliphatic carbocycles. The second-order valence-corrected chi connectivity index (χ2v) is 7.17. The Labute approximate surface area is 166 Å². The van der Waals surface area contributed by atoms with E-state index in [0.717, 1.165) is 20.6 Å². The van der Waals surface area contributed by atoms with Crippen LogP contribution in [0.5, 0.6) is 0 Å². The molecule has 0 fully saturated rings. The van der Waals surface area contributed by atoms with Gasteiger partial charge in [0, 0.05) is 40.8 Å². The molecule has 0 atom stereocenters. The fourth-order valence-corrected chi connectivity index (χ4v) is 3.04. The molecule has 6 heteroatoms. The minimum atomic E-state index is -0.229. The van der Waals surface area contributed by atoms with E-state index in [1.165, 1.54) is 0 Å². The van der Waals surface area contributed by atoms with Crippen LogP contribution in [0.2, 0.25) is 0 Å². The molecule has 1 amide bonds. The third-order valence-corrected chi connectivity index (χ3v) is 4.55. The van der Waals surface area contributed by atoms with E-state index in [0.29, 0.717) is 5.56 Å². The SMILES string of the molecule is CN(C)c1ccc(-n2cccc2/C=N\NC(=O)c2cccc(I)c2)cc1. The third-order valence-electron chi connectivity index (χ3n) is 3.87. The Morgan fingerprint density at radius 1 is 1.12 bits per heavy atom. The van der Waals surface area contributed by atoms with E-state index in [9.17, 15) is 4.79 Å². The number of carbonyl (C=O) groups excluding carboxylic acids is 1. The zero-order valence-electron chi connectivity index (χ0n) is 14.6. The Bertz CT molecular complexity index is 929. The zero-order chi connectivity index (χ0) is 18.5. The van der Waals surface area contributed by atoms with Crippen molar-refractivity contribution in [3.63, 3.8) is 0 Å². The molecular weight excluding hydrogens is 439 g/mol. The van der Waals surface area contributed by atoms with Crippen LogP contribution in [-0.2, 0) is 0 Å². The van der Waals surface area contributed by atoms with E-state index in [-0.39, 0.29) is 5.91 Å². The number of hydrogen-bond acceptors (Lipinski definition) is 3. The minimum absolute atomic E-state index is 0.229. The maximum atomic E-state index is 12.1. The first-order valence-electron chi connectivity index (χ1n) is 8.09. The monoisotopic (exact) mass is 458 g/mol. The summed E-state index contributed by atoms with van der Waals surface area (Å²) in [6, 6.07) is 19.5. The maximum absolute atomic E-state index is 12.1. The fraction of sp³-hybridized carbons (Fsp3) is 0.100. The molecule has 132 valence electrons. The summed E-state index contributed by atoms with van der Waals surface area (Å²) in [6.45, 7) is 0. The molecule has 1 aromatic heterocycles. The molecule has 1 N–H and O–H groups in total. The van der Waals surface area contributed by atoms with Crippen LogP contribution in [0.1, 0.15) is 16.1 Å². The van der Waals surface area contributed by atoms with Gasteiger partial charge in [-0.1, -0.05) is 6.07 Å². The molecule has 0 bridgehead atoms. The van der Waals surface area contributed by atoms with Crippen LogP contribution in [0, 0.1) is 3.57 Å². The normalized spacial score (nSPS) is 10.9. The fourth-order valence-electron chi connectivity index (χ4n) is 2.50. The van der Waals surface area contributed by atoms with Gasteiger partial charge in [-0.15, -0.1) is 0 Å². The highest BCUT2D eigenvalue weighted by Crippen LogP contribution is 2.17. The molecule has 5 nitrogen and oxygen atoms in total. The van der Waals surface area contributed by atoms with Crippen LogP contribution in [0.15, 0.2) is 72.0 Å². The number of rotatable bonds is 5. The van der Waals surface area contributed by atoms with Crippen molar-refractivity contribution in [3.05, 3.63) is 81.7 Å². The van der Waals surface area contributed by atoms with E-state index < -0.39 is 0 Å². The molecule has 0 spiro atoms. The zero-order valence-corrected chi connectivity index (χ0v) is 16.7. The van der Waals surface area contributed by atoms with Gasteiger partial charge in [-0.05, 0) is 77.2 Å². The lowest BCUT2D eigenvalue weighted by molar-refractivity contribution is 0.0955. The van der Waals surface area contributed by atoms with Gasteiger partial charge in [-0.2, -0.15) is 5.10 Å². The number of hydrazone groups is 1. The molecule has 0 aliphatic heterocycles. The van der Waals surface area contributed by atoms with Gasteiger partial charge in [0.2, 0.25) is 0 Å². The molecule has 3 aromatic rings. The summed E-state index contributed by atoms with van der Waals surface area (Å²) in [4.78, 5) is 14.2. The van der Waals surface area contributed by atoms with Gasteiger partial charge in [0.25, 0.3) is 5.91 Å². The van der Waals surface area contributed by atoms with Crippen LogP contribution < -0.4 is 10.3 Å². The van der Waals surface area contributed by atoms with Crippen molar-refractivity contribution in [2.24, 2.45) is 5.10 Å². The Morgan fingerprint density at radius 2 is 1.88 bits per heavy atom. The first-order valence-corrected chi connectivity index (χ1v) is 9.16. The topological polar surface area (TPSA) is 49.6 Å². The summed E-state index contributed by atoms with van der Waals surface area (Å²) in [5.41, 5.74) is 6.21.